The van der Waals surface area contributed by atoms with Crippen molar-refractivity contribution in [3.05, 3.63) is 14.2 Å². The van der Waals surface area contributed by atoms with Gasteiger partial charge in [-0.1, -0.05) is 6.92 Å². The summed E-state index contributed by atoms with van der Waals surface area (Å²) in [5.74, 6) is -1.03. The van der Waals surface area contributed by atoms with E-state index in [9.17, 15) is 9.59 Å². The molecule has 0 aliphatic heterocycles. The molecule has 5 nitrogen and oxygen atoms in total. The molecule has 0 aliphatic rings. The molecule has 100 valence electrons. The molecule has 1 amide bonds. The van der Waals surface area contributed by atoms with Crippen molar-refractivity contribution in [2.75, 3.05) is 7.11 Å². The number of nitrogens with one attached hydrogen (secondary N) is 1. The summed E-state index contributed by atoms with van der Waals surface area (Å²) in [5, 5.41) is 11.4. The number of amides is 1. The summed E-state index contributed by atoms with van der Waals surface area (Å²) in [6.07, 6.45) is 0.328. The van der Waals surface area contributed by atoms with E-state index in [0.717, 1.165) is 9.35 Å². The van der Waals surface area contributed by atoms with Crippen molar-refractivity contribution in [2.24, 2.45) is 0 Å². The van der Waals surface area contributed by atoms with Crippen molar-refractivity contribution in [3.8, 4) is 5.75 Å². The van der Waals surface area contributed by atoms with Crippen LogP contribution in [0.2, 0.25) is 0 Å². The van der Waals surface area contributed by atoms with E-state index in [2.05, 4.69) is 21.2 Å². The molecule has 0 radical (unpaired) electrons. The highest BCUT2D eigenvalue weighted by Crippen LogP contribution is 2.39. The number of halogens is 1. The number of rotatable bonds is 5. The fourth-order valence-corrected chi connectivity index (χ4v) is 3.05. The Morgan fingerprint density at radius 1 is 1.56 bits per heavy atom. The number of carboxylic acids is 1. The highest BCUT2D eigenvalue weighted by molar-refractivity contribution is 9.10. The first-order chi connectivity index (χ1) is 8.42. The van der Waals surface area contributed by atoms with E-state index in [1.807, 2.05) is 6.92 Å². The molecule has 7 heteroatoms. The van der Waals surface area contributed by atoms with E-state index in [4.69, 9.17) is 9.84 Å². The molecule has 1 rings (SSSR count). The Labute approximate surface area is 117 Å². The lowest BCUT2D eigenvalue weighted by Crippen LogP contribution is -2.40. The molecule has 1 unspecified atom stereocenters. The molecule has 0 aliphatic carbocycles. The van der Waals surface area contributed by atoms with Gasteiger partial charge in [-0.05, 0) is 29.3 Å². The number of methoxy groups -OCH3 is 1. The highest BCUT2D eigenvalue weighted by Gasteiger charge is 2.24. The normalized spacial score (nSPS) is 12.0. The maximum Gasteiger partial charge on any atom is 0.326 e. The zero-order valence-corrected chi connectivity index (χ0v) is 12.6. The number of carbonyl (C=O) groups excluding carboxylic acids is 1. The zero-order chi connectivity index (χ0) is 13.9. The third-order valence-electron chi connectivity index (χ3n) is 2.39. The van der Waals surface area contributed by atoms with Crippen LogP contribution in [0.1, 0.15) is 27.9 Å². The van der Waals surface area contributed by atoms with Crippen molar-refractivity contribution in [2.45, 2.75) is 26.3 Å². The number of aliphatic carboxylic acids is 1. The average Bonchev–Trinajstić information content (AvgIpc) is 2.61. The van der Waals surface area contributed by atoms with Crippen LogP contribution in [-0.2, 0) is 4.79 Å². The van der Waals surface area contributed by atoms with Crippen molar-refractivity contribution in [1.29, 1.82) is 0 Å². The second kappa shape index (κ2) is 6.19. The van der Waals surface area contributed by atoms with Crippen molar-refractivity contribution < 1.29 is 19.4 Å². The van der Waals surface area contributed by atoms with Gasteiger partial charge in [0.05, 0.1) is 11.6 Å². The number of thiophene rings is 1. The van der Waals surface area contributed by atoms with Crippen LogP contribution in [0, 0.1) is 6.92 Å². The Bertz CT molecular complexity index is 472. The predicted molar refractivity (Wildman–Crippen MR) is 72.5 cm³/mol. The lowest BCUT2D eigenvalue weighted by molar-refractivity contribution is -0.139. The molecule has 0 bridgehead atoms. The molecular weight excluding hydrogens is 322 g/mol. The maximum absolute atomic E-state index is 12.0. The second-order valence-corrected chi connectivity index (χ2v) is 5.62. The predicted octanol–water partition coefficient (Wildman–Crippen LogP) is 2.42. The van der Waals surface area contributed by atoms with Gasteiger partial charge in [0.2, 0.25) is 0 Å². The summed E-state index contributed by atoms with van der Waals surface area (Å²) in [5.41, 5.74) is 0. The van der Waals surface area contributed by atoms with Gasteiger partial charge in [0.15, 0.2) is 5.75 Å². The summed E-state index contributed by atoms with van der Waals surface area (Å²) in [7, 11) is 1.47. The van der Waals surface area contributed by atoms with Gasteiger partial charge in [-0.25, -0.2) is 4.79 Å². The first-order valence-electron chi connectivity index (χ1n) is 5.28. The first-order valence-corrected chi connectivity index (χ1v) is 6.89. The molecule has 1 aromatic rings. The lowest BCUT2D eigenvalue weighted by Gasteiger charge is -2.11. The Morgan fingerprint density at radius 3 is 2.61 bits per heavy atom. The number of ether oxygens (including phenoxy) is 1. The molecule has 0 fully saturated rings. The van der Waals surface area contributed by atoms with E-state index < -0.39 is 17.9 Å². The van der Waals surface area contributed by atoms with Crippen LogP contribution in [0.5, 0.6) is 5.75 Å². The molecule has 2 N–H and O–H groups in total. The molecular formula is C11H14BrNO4S. The van der Waals surface area contributed by atoms with E-state index in [1.165, 1.54) is 18.4 Å². The van der Waals surface area contributed by atoms with Gasteiger partial charge in [-0.15, -0.1) is 11.3 Å². The molecule has 0 aromatic carbocycles. The fourth-order valence-electron chi connectivity index (χ4n) is 1.40. The Balaban J connectivity index is 2.97. The van der Waals surface area contributed by atoms with E-state index >= 15 is 0 Å². The number of hydrogen-bond donors (Lipinski definition) is 2. The van der Waals surface area contributed by atoms with Gasteiger partial charge >= 0.3 is 5.97 Å². The smallest absolute Gasteiger partial charge is 0.326 e. The Kier molecular flexibility index (Phi) is 5.15. The van der Waals surface area contributed by atoms with Crippen LogP contribution in [-0.4, -0.2) is 30.1 Å². The second-order valence-electron chi connectivity index (χ2n) is 3.61. The molecule has 0 saturated carbocycles. The van der Waals surface area contributed by atoms with Gasteiger partial charge in [0, 0.05) is 4.88 Å². The summed E-state index contributed by atoms with van der Waals surface area (Å²) in [6, 6.07) is -0.886. The Morgan fingerprint density at radius 2 is 2.17 bits per heavy atom. The lowest BCUT2D eigenvalue weighted by atomic mass is 10.2. The topological polar surface area (TPSA) is 75.6 Å². The highest BCUT2D eigenvalue weighted by atomic mass is 79.9. The van der Waals surface area contributed by atoms with E-state index in [1.54, 1.807) is 6.92 Å². The van der Waals surface area contributed by atoms with Gasteiger partial charge < -0.3 is 15.2 Å². The van der Waals surface area contributed by atoms with Crippen molar-refractivity contribution in [3.63, 3.8) is 0 Å². The number of carbonyl (C=O) groups is 2. The van der Waals surface area contributed by atoms with Gasteiger partial charge in [0.1, 0.15) is 10.9 Å². The minimum atomic E-state index is -1.04. The van der Waals surface area contributed by atoms with E-state index in [0.29, 0.717) is 17.0 Å². The first kappa shape index (κ1) is 15.0. The molecule has 1 atom stereocenters. The molecule has 1 aromatic heterocycles. The average molecular weight is 336 g/mol. The van der Waals surface area contributed by atoms with Gasteiger partial charge in [-0.2, -0.15) is 0 Å². The van der Waals surface area contributed by atoms with Crippen LogP contribution in [0.15, 0.2) is 4.47 Å². The maximum atomic E-state index is 12.0. The monoisotopic (exact) mass is 335 g/mol. The third-order valence-corrected chi connectivity index (χ3v) is 4.69. The van der Waals surface area contributed by atoms with Crippen LogP contribution in [0.25, 0.3) is 0 Å². The van der Waals surface area contributed by atoms with Gasteiger partial charge in [-0.3, -0.25) is 4.79 Å². The van der Waals surface area contributed by atoms with E-state index in [-0.39, 0.29) is 0 Å². The van der Waals surface area contributed by atoms with Crippen molar-refractivity contribution in [1.82, 2.24) is 5.32 Å². The summed E-state index contributed by atoms with van der Waals surface area (Å²) < 4.78 is 5.87. The SMILES string of the molecule is CCC(NC(=O)c1sc(C)c(Br)c1OC)C(=O)O. The summed E-state index contributed by atoms with van der Waals surface area (Å²) in [4.78, 5) is 24.2. The molecule has 0 saturated heterocycles. The molecule has 0 spiro atoms. The number of hydrogen-bond acceptors (Lipinski definition) is 4. The minimum absolute atomic E-state index is 0.328. The zero-order valence-electron chi connectivity index (χ0n) is 10.2. The van der Waals surface area contributed by atoms with Crippen LogP contribution >= 0.6 is 27.3 Å². The molecule has 18 heavy (non-hydrogen) atoms. The molecule has 1 heterocycles. The number of carboxylic acid groups (broad SMARTS) is 1. The van der Waals surface area contributed by atoms with Crippen LogP contribution in [0.3, 0.4) is 0 Å². The quantitative estimate of drug-likeness (QED) is 0.866. The Hall–Kier alpha value is -1.08. The summed E-state index contributed by atoms with van der Waals surface area (Å²) in [6.45, 7) is 3.55. The fraction of sp³-hybridized carbons (Fsp3) is 0.455. The third kappa shape index (κ3) is 3.02. The van der Waals surface area contributed by atoms with Crippen molar-refractivity contribution >= 4 is 39.1 Å². The standard InChI is InChI=1S/C11H14BrNO4S/c1-4-6(11(15)16)13-10(14)9-8(17-3)7(12)5(2)18-9/h6H,4H2,1-3H3,(H,13,14)(H,15,16). The number of aryl methyl sites for hydroxylation is 1. The summed E-state index contributed by atoms with van der Waals surface area (Å²) >= 11 is 4.59. The minimum Gasteiger partial charge on any atom is -0.494 e. The van der Waals surface area contributed by atoms with Crippen LogP contribution < -0.4 is 10.1 Å². The van der Waals surface area contributed by atoms with Gasteiger partial charge in [0.25, 0.3) is 5.91 Å². The largest absolute Gasteiger partial charge is 0.494 e. The van der Waals surface area contributed by atoms with Crippen LogP contribution in [0.4, 0.5) is 0 Å².